The number of nitrogens with zero attached hydrogens (tertiary/aromatic N) is 2. The molecule has 1 aromatic rings. The zero-order chi connectivity index (χ0) is 10.6. The highest BCUT2D eigenvalue weighted by molar-refractivity contribution is 7.84. The molecule has 1 heterocycles. The highest BCUT2D eigenvalue weighted by atomic mass is 35.5. The van der Waals surface area contributed by atoms with Gasteiger partial charge >= 0.3 is 0 Å². The van der Waals surface area contributed by atoms with Crippen LogP contribution in [0.2, 0.25) is 5.28 Å². The van der Waals surface area contributed by atoms with E-state index in [2.05, 4.69) is 15.3 Å². The van der Waals surface area contributed by atoms with E-state index < -0.39 is 10.8 Å². The van der Waals surface area contributed by atoms with Gasteiger partial charge in [-0.15, -0.1) is 0 Å². The first-order chi connectivity index (χ1) is 6.59. The van der Waals surface area contributed by atoms with Gasteiger partial charge in [0.25, 0.3) is 0 Å². The summed E-state index contributed by atoms with van der Waals surface area (Å²) in [7, 11) is -0.831. The molecule has 14 heavy (non-hydrogen) atoms. The molecule has 0 fully saturated rings. The Kier molecular flexibility index (Phi) is 4.09. The second-order valence-corrected chi connectivity index (χ2v) is 4.54. The minimum absolute atomic E-state index is 0.138. The largest absolute Gasteiger partial charge is 0.394 e. The van der Waals surface area contributed by atoms with Gasteiger partial charge in [-0.25, -0.2) is 4.98 Å². The number of rotatable bonds is 4. The lowest BCUT2D eigenvalue weighted by molar-refractivity contribution is 0.687. The molecular weight excluding hydrogens is 224 g/mol. The van der Waals surface area contributed by atoms with Crippen molar-refractivity contribution in [2.45, 2.75) is 0 Å². The minimum Gasteiger partial charge on any atom is -0.394 e. The fourth-order valence-corrected chi connectivity index (χ4v) is 1.35. The zero-order valence-electron chi connectivity index (χ0n) is 7.66. The topological polar surface area (TPSA) is 80.9 Å². The Morgan fingerprint density at radius 2 is 2.43 bits per heavy atom. The molecule has 5 nitrogen and oxygen atoms in total. The number of halogens is 1. The second-order valence-electron chi connectivity index (χ2n) is 2.65. The highest BCUT2D eigenvalue weighted by Crippen LogP contribution is 2.14. The van der Waals surface area contributed by atoms with E-state index >= 15 is 0 Å². The number of nitrogens with two attached hydrogens (primary N) is 1. The summed E-state index contributed by atoms with van der Waals surface area (Å²) in [5.74, 6) is 1.02. The third-order valence-electron chi connectivity index (χ3n) is 1.47. The van der Waals surface area contributed by atoms with Crippen LogP contribution in [0, 0.1) is 0 Å². The van der Waals surface area contributed by atoms with Crippen LogP contribution < -0.4 is 11.1 Å². The van der Waals surface area contributed by atoms with Gasteiger partial charge in [-0.2, -0.15) is 4.98 Å². The highest BCUT2D eigenvalue weighted by Gasteiger charge is 2.02. The molecule has 0 bridgehead atoms. The molecule has 1 aromatic heterocycles. The maximum atomic E-state index is 10.8. The van der Waals surface area contributed by atoms with Crippen LogP contribution in [-0.4, -0.2) is 32.7 Å². The summed E-state index contributed by atoms with van der Waals surface area (Å²) in [5.41, 5.74) is 6.01. The Hall–Kier alpha value is -0.880. The third kappa shape index (κ3) is 3.47. The van der Waals surface area contributed by atoms with E-state index in [1.165, 1.54) is 6.20 Å². The monoisotopic (exact) mass is 234 g/mol. The van der Waals surface area contributed by atoms with Crippen LogP contribution in [0.25, 0.3) is 0 Å². The van der Waals surface area contributed by atoms with Crippen molar-refractivity contribution in [2.75, 3.05) is 29.6 Å². The molecule has 0 radical (unpaired) electrons. The van der Waals surface area contributed by atoms with Crippen molar-refractivity contribution in [1.82, 2.24) is 9.97 Å². The van der Waals surface area contributed by atoms with Crippen molar-refractivity contribution in [1.29, 1.82) is 0 Å². The number of nitrogen functional groups attached to an aromatic ring is 1. The van der Waals surface area contributed by atoms with Crippen LogP contribution >= 0.6 is 11.6 Å². The summed E-state index contributed by atoms with van der Waals surface area (Å²) in [6, 6.07) is 0. The minimum atomic E-state index is -0.831. The van der Waals surface area contributed by atoms with Gasteiger partial charge in [0.2, 0.25) is 5.28 Å². The van der Waals surface area contributed by atoms with Crippen LogP contribution in [0.4, 0.5) is 11.5 Å². The normalized spacial score (nSPS) is 12.4. The average Bonchev–Trinajstić information content (AvgIpc) is 2.10. The number of hydrogen-bond acceptors (Lipinski definition) is 5. The Morgan fingerprint density at radius 1 is 1.71 bits per heavy atom. The molecule has 0 saturated heterocycles. The first-order valence-electron chi connectivity index (χ1n) is 3.91. The Balaban J connectivity index is 2.57. The van der Waals surface area contributed by atoms with Crippen LogP contribution in [0.5, 0.6) is 0 Å². The van der Waals surface area contributed by atoms with Crippen molar-refractivity contribution in [2.24, 2.45) is 0 Å². The predicted octanol–water partition coefficient (Wildman–Crippen LogP) is 0.503. The molecule has 1 atom stereocenters. The van der Waals surface area contributed by atoms with Crippen molar-refractivity contribution < 1.29 is 4.21 Å². The molecule has 0 aliphatic heterocycles. The van der Waals surface area contributed by atoms with E-state index in [4.69, 9.17) is 17.3 Å². The molecule has 3 N–H and O–H groups in total. The molecule has 78 valence electrons. The molecule has 0 spiro atoms. The fourth-order valence-electron chi connectivity index (χ4n) is 0.824. The van der Waals surface area contributed by atoms with Gasteiger partial charge in [-0.1, -0.05) is 0 Å². The second kappa shape index (κ2) is 5.11. The quantitative estimate of drug-likeness (QED) is 0.742. The van der Waals surface area contributed by atoms with Crippen molar-refractivity contribution in [3.8, 4) is 0 Å². The fraction of sp³-hybridized carbons (Fsp3) is 0.429. The summed E-state index contributed by atoms with van der Waals surface area (Å²) in [5, 5.41) is 3.07. The molecule has 7 heteroatoms. The van der Waals surface area contributed by atoms with Crippen LogP contribution in [0.3, 0.4) is 0 Å². The summed E-state index contributed by atoms with van der Waals surface area (Å²) >= 11 is 5.58. The Morgan fingerprint density at radius 3 is 3.07 bits per heavy atom. The van der Waals surface area contributed by atoms with Crippen LogP contribution in [0.1, 0.15) is 0 Å². The summed E-state index contributed by atoms with van der Waals surface area (Å²) in [6.07, 6.45) is 3.07. The first-order valence-corrected chi connectivity index (χ1v) is 6.02. The zero-order valence-corrected chi connectivity index (χ0v) is 9.23. The number of anilines is 2. The molecule has 0 aliphatic rings. The maximum Gasteiger partial charge on any atom is 0.224 e. The van der Waals surface area contributed by atoms with Gasteiger partial charge in [-0.3, -0.25) is 4.21 Å². The Bertz CT molecular complexity index is 346. The van der Waals surface area contributed by atoms with E-state index in [9.17, 15) is 4.21 Å². The van der Waals surface area contributed by atoms with Crippen LogP contribution in [0.15, 0.2) is 6.20 Å². The lowest BCUT2D eigenvalue weighted by atomic mass is 10.5. The number of hydrogen-bond donors (Lipinski definition) is 2. The molecule has 1 unspecified atom stereocenters. The van der Waals surface area contributed by atoms with Gasteiger partial charge < -0.3 is 11.1 Å². The Labute approximate surface area is 89.5 Å². The number of aromatic nitrogens is 2. The molecule has 0 aromatic carbocycles. The molecule has 1 rings (SSSR count). The predicted molar refractivity (Wildman–Crippen MR) is 58.9 cm³/mol. The van der Waals surface area contributed by atoms with Crippen molar-refractivity contribution in [3.63, 3.8) is 0 Å². The van der Waals surface area contributed by atoms with Crippen molar-refractivity contribution in [3.05, 3.63) is 11.5 Å². The first kappa shape index (κ1) is 11.2. The van der Waals surface area contributed by atoms with Gasteiger partial charge in [0.05, 0.1) is 11.9 Å². The van der Waals surface area contributed by atoms with Crippen LogP contribution in [-0.2, 0) is 10.8 Å². The summed E-state index contributed by atoms with van der Waals surface area (Å²) < 4.78 is 10.8. The lowest BCUT2D eigenvalue weighted by Gasteiger charge is -2.06. The van der Waals surface area contributed by atoms with E-state index in [1.807, 2.05) is 0 Å². The van der Waals surface area contributed by atoms with Gasteiger partial charge in [0.1, 0.15) is 0 Å². The van der Waals surface area contributed by atoms with E-state index in [-0.39, 0.29) is 5.28 Å². The molecule has 0 saturated carbocycles. The number of nitrogens with one attached hydrogen (secondary N) is 1. The summed E-state index contributed by atoms with van der Waals surface area (Å²) in [4.78, 5) is 7.60. The van der Waals surface area contributed by atoms with E-state index in [0.29, 0.717) is 23.8 Å². The lowest BCUT2D eigenvalue weighted by Crippen LogP contribution is -2.12. The average molecular weight is 235 g/mol. The summed E-state index contributed by atoms with van der Waals surface area (Å²) in [6.45, 7) is 0.542. The van der Waals surface area contributed by atoms with Crippen molar-refractivity contribution >= 4 is 33.9 Å². The maximum absolute atomic E-state index is 10.8. The molecule has 0 aliphatic carbocycles. The smallest absolute Gasteiger partial charge is 0.224 e. The van der Waals surface area contributed by atoms with Gasteiger partial charge in [0, 0.05) is 29.4 Å². The molecule has 0 amide bonds. The SMILES string of the molecule is CS(=O)CCNc1nc(Cl)ncc1N. The molecular formula is C7H11ClN4OS. The third-order valence-corrected chi connectivity index (χ3v) is 2.43. The van der Waals surface area contributed by atoms with Gasteiger partial charge in [0.15, 0.2) is 5.82 Å². The van der Waals surface area contributed by atoms with Gasteiger partial charge in [-0.05, 0) is 11.6 Å². The van der Waals surface area contributed by atoms with E-state index in [0.717, 1.165) is 0 Å². The van der Waals surface area contributed by atoms with E-state index in [1.54, 1.807) is 6.26 Å². The standard InChI is InChI=1S/C7H11ClN4OS/c1-14(13)3-2-10-6-5(9)4-11-7(8)12-6/h4H,2-3,9H2,1H3,(H,10,11,12).